The fraction of sp³-hybridized carbons (Fsp3) is 0.750. The lowest BCUT2D eigenvalue weighted by Crippen LogP contribution is -2.45. The van der Waals surface area contributed by atoms with Crippen molar-refractivity contribution >= 4 is 0 Å². The van der Waals surface area contributed by atoms with Crippen molar-refractivity contribution in [1.82, 2.24) is 10.3 Å². The second kappa shape index (κ2) is 7.81. The average molecular weight is 281 g/mol. The predicted molar refractivity (Wildman–Crippen MR) is 84.9 cm³/mol. The average Bonchev–Trinajstić information content (AvgIpc) is 2.42. The van der Waals surface area contributed by atoms with E-state index in [0.29, 0.717) is 12.0 Å². The largest absolute Gasteiger partial charge is 0.390 e. The molecule has 0 spiro atoms. The van der Waals surface area contributed by atoms with Gasteiger partial charge in [-0.1, -0.05) is 12.7 Å². The minimum atomic E-state index is -0.534. The highest BCUT2D eigenvalue weighted by Crippen LogP contribution is 2.29. The maximum atomic E-state index is 10.1. The zero-order valence-electron chi connectivity index (χ0n) is 13.2. The number of nitrogens with two attached hydrogens (primary N) is 1. The quantitative estimate of drug-likeness (QED) is 0.380. The topological polar surface area (TPSA) is 61.5 Å². The Morgan fingerprint density at radius 2 is 2.10 bits per heavy atom. The number of hydrogen-bond donors (Lipinski definition) is 3. The van der Waals surface area contributed by atoms with E-state index in [9.17, 15) is 5.11 Å². The summed E-state index contributed by atoms with van der Waals surface area (Å²) >= 11 is 0. The van der Waals surface area contributed by atoms with Crippen LogP contribution in [0.2, 0.25) is 0 Å². The molecule has 20 heavy (non-hydrogen) atoms. The Hall–Kier alpha value is -0.840. The SMILES string of the molecule is C=C(/C=C\CC[C@H](C)N1CCC(C(C)(C)O)CC1)NN. The van der Waals surface area contributed by atoms with E-state index in [1.165, 1.54) is 0 Å². The number of hydrogen-bond acceptors (Lipinski definition) is 4. The normalized spacial score (nSPS) is 20.2. The number of aliphatic hydroxyl groups is 1. The van der Waals surface area contributed by atoms with Crippen LogP contribution in [0.3, 0.4) is 0 Å². The molecule has 0 aromatic carbocycles. The fourth-order valence-electron chi connectivity index (χ4n) is 2.84. The second-order valence-corrected chi connectivity index (χ2v) is 6.46. The highest BCUT2D eigenvalue weighted by Gasteiger charge is 2.31. The van der Waals surface area contributed by atoms with Gasteiger partial charge in [-0.3, -0.25) is 5.84 Å². The standard InChI is InChI=1S/C16H31N3O/c1-13(18-17)7-5-6-8-14(2)19-11-9-15(10-12-19)16(3,4)20/h5,7,14-15,18,20H,1,6,8-12,17H2,2-4H3/b7-5-/t14-/m0/s1. The third-order valence-electron chi connectivity index (χ3n) is 4.41. The van der Waals surface area contributed by atoms with E-state index >= 15 is 0 Å². The highest BCUT2D eigenvalue weighted by molar-refractivity contribution is 5.10. The molecule has 1 saturated heterocycles. The van der Waals surface area contributed by atoms with Gasteiger partial charge in [-0.05, 0) is 71.5 Å². The van der Waals surface area contributed by atoms with Crippen LogP contribution in [0, 0.1) is 5.92 Å². The van der Waals surface area contributed by atoms with Crippen LogP contribution < -0.4 is 11.3 Å². The summed E-state index contributed by atoms with van der Waals surface area (Å²) in [5.74, 6) is 5.68. The molecule has 4 N–H and O–H groups in total. The third-order valence-corrected chi connectivity index (χ3v) is 4.41. The van der Waals surface area contributed by atoms with Gasteiger partial charge in [-0.15, -0.1) is 0 Å². The summed E-state index contributed by atoms with van der Waals surface area (Å²) in [6.45, 7) is 12.1. The summed E-state index contributed by atoms with van der Waals surface area (Å²) in [6, 6.07) is 0.585. The first kappa shape index (κ1) is 17.2. The van der Waals surface area contributed by atoms with Crippen LogP contribution >= 0.6 is 0 Å². The second-order valence-electron chi connectivity index (χ2n) is 6.46. The van der Waals surface area contributed by atoms with Crippen LogP contribution in [-0.4, -0.2) is 34.7 Å². The molecule has 1 aliphatic heterocycles. The molecule has 0 saturated carbocycles. The number of allylic oxidation sites excluding steroid dienone is 2. The smallest absolute Gasteiger partial charge is 0.0620 e. The van der Waals surface area contributed by atoms with Crippen molar-refractivity contribution < 1.29 is 5.11 Å². The van der Waals surface area contributed by atoms with Crippen molar-refractivity contribution in [2.45, 2.75) is 58.1 Å². The number of piperidine rings is 1. The molecule has 1 heterocycles. The Kier molecular flexibility index (Phi) is 6.72. The van der Waals surface area contributed by atoms with Gasteiger partial charge in [0.2, 0.25) is 0 Å². The molecule has 0 unspecified atom stereocenters. The Labute approximate surface area is 123 Å². The molecule has 116 valence electrons. The lowest BCUT2D eigenvalue weighted by atomic mass is 9.82. The molecule has 1 atom stereocenters. The van der Waals surface area contributed by atoms with E-state index in [2.05, 4.69) is 29.9 Å². The maximum Gasteiger partial charge on any atom is 0.0620 e. The molecule has 4 heteroatoms. The first-order valence-electron chi connectivity index (χ1n) is 7.63. The molecule has 1 fully saturated rings. The Morgan fingerprint density at radius 1 is 1.50 bits per heavy atom. The van der Waals surface area contributed by atoms with Crippen molar-refractivity contribution in [2.75, 3.05) is 13.1 Å². The van der Waals surface area contributed by atoms with Crippen LogP contribution in [0.4, 0.5) is 0 Å². The fourth-order valence-corrected chi connectivity index (χ4v) is 2.84. The molecule has 1 rings (SSSR count). The molecule has 0 bridgehead atoms. The van der Waals surface area contributed by atoms with Crippen molar-refractivity contribution in [2.24, 2.45) is 11.8 Å². The summed E-state index contributed by atoms with van der Waals surface area (Å²) in [7, 11) is 0. The lowest BCUT2D eigenvalue weighted by molar-refractivity contribution is -0.0181. The molecule has 1 aliphatic rings. The molecule has 0 radical (unpaired) electrons. The van der Waals surface area contributed by atoms with Gasteiger partial charge in [0.1, 0.15) is 0 Å². The zero-order valence-corrected chi connectivity index (χ0v) is 13.2. The van der Waals surface area contributed by atoms with Gasteiger partial charge in [0.05, 0.1) is 5.60 Å². The van der Waals surface area contributed by atoms with Crippen LogP contribution in [-0.2, 0) is 0 Å². The first-order valence-corrected chi connectivity index (χ1v) is 7.63. The van der Waals surface area contributed by atoms with Crippen LogP contribution in [0.25, 0.3) is 0 Å². The van der Waals surface area contributed by atoms with E-state index < -0.39 is 5.60 Å². The van der Waals surface area contributed by atoms with Crippen molar-refractivity contribution in [3.63, 3.8) is 0 Å². The van der Waals surface area contributed by atoms with Gasteiger partial charge in [0.25, 0.3) is 0 Å². The maximum absolute atomic E-state index is 10.1. The minimum Gasteiger partial charge on any atom is -0.390 e. The van der Waals surface area contributed by atoms with E-state index in [4.69, 9.17) is 5.84 Å². The summed E-state index contributed by atoms with van der Waals surface area (Å²) in [5, 5.41) is 10.1. The Bertz CT molecular complexity index is 325. The monoisotopic (exact) mass is 281 g/mol. The van der Waals surface area contributed by atoms with Crippen molar-refractivity contribution in [3.05, 3.63) is 24.4 Å². The number of likely N-dealkylation sites (tertiary alicyclic amines) is 1. The molecule has 0 aliphatic carbocycles. The van der Waals surface area contributed by atoms with Gasteiger partial charge in [0, 0.05) is 11.7 Å². The molecule has 0 aromatic heterocycles. The van der Waals surface area contributed by atoms with Crippen molar-refractivity contribution in [3.8, 4) is 0 Å². The van der Waals surface area contributed by atoms with Crippen LogP contribution in [0.5, 0.6) is 0 Å². The van der Waals surface area contributed by atoms with E-state index in [-0.39, 0.29) is 0 Å². The van der Waals surface area contributed by atoms with Crippen LogP contribution in [0.15, 0.2) is 24.4 Å². The van der Waals surface area contributed by atoms with Gasteiger partial charge >= 0.3 is 0 Å². The molecular formula is C16H31N3O. The predicted octanol–water partition coefficient (Wildman–Crippen LogP) is 2.17. The lowest BCUT2D eigenvalue weighted by Gasteiger charge is -2.40. The minimum absolute atomic E-state index is 0.435. The zero-order chi connectivity index (χ0) is 15.2. The summed E-state index contributed by atoms with van der Waals surface area (Å²) in [6.07, 6.45) is 8.40. The number of hydrazine groups is 1. The molecule has 4 nitrogen and oxygen atoms in total. The van der Waals surface area contributed by atoms with Crippen molar-refractivity contribution in [1.29, 1.82) is 0 Å². The number of nitrogens with zero attached hydrogens (tertiary/aromatic N) is 1. The van der Waals surface area contributed by atoms with Gasteiger partial charge in [0.15, 0.2) is 0 Å². The number of nitrogens with one attached hydrogen (secondary N) is 1. The molecular weight excluding hydrogens is 250 g/mol. The summed E-state index contributed by atoms with van der Waals surface area (Å²) in [5.41, 5.74) is 2.73. The Balaban J connectivity index is 2.27. The summed E-state index contributed by atoms with van der Waals surface area (Å²) in [4.78, 5) is 2.53. The first-order chi connectivity index (χ1) is 9.34. The van der Waals surface area contributed by atoms with Gasteiger partial charge in [-0.25, -0.2) is 0 Å². The van der Waals surface area contributed by atoms with E-state index in [0.717, 1.165) is 44.5 Å². The highest BCUT2D eigenvalue weighted by atomic mass is 16.3. The van der Waals surface area contributed by atoms with Gasteiger partial charge in [-0.2, -0.15) is 0 Å². The third kappa shape index (κ3) is 5.65. The Morgan fingerprint density at radius 3 is 2.60 bits per heavy atom. The molecule has 0 aromatic rings. The summed E-state index contributed by atoms with van der Waals surface area (Å²) < 4.78 is 0. The number of rotatable bonds is 7. The van der Waals surface area contributed by atoms with E-state index in [1.807, 2.05) is 19.9 Å². The van der Waals surface area contributed by atoms with Crippen LogP contribution in [0.1, 0.15) is 46.5 Å². The van der Waals surface area contributed by atoms with Gasteiger partial charge < -0.3 is 15.4 Å². The molecule has 0 amide bonds. The van der Waals surface area contributed by atoms with E-state index in [1.54, 1.807) is 0 Å².